The summed E-state index contributed by atoms with van der Waals surface area (Å²) in [7, 11) is 0. The Kier molecular flexibility index (Phi) is 4.50. The molecule has 2 aliphatic rings. The number of ether oxygens (including phenoxy) is 3. The zero-order valence-corrected chi connectivity index (χ0v) is 12.3. The molecule has 2 aliphatic heterocycles. The van der Waals surface area contributed by atoms with E-state index in [1.54, 1.807) is 0 Å². The van der Waals surface area contributed by atoms with Gasteiger partial charge in [-0.15, -0.1) is 0 Å². The molecule has 0 unspecified atom stereocenters. The van der Waals surface area contributed by atoms with Crippen LogP contribution in [0.3, 0.4) is 0 Å². The third kappa shape index (κ3) is 3.92. The van der Waals surface area contributed by atoms with Gasteiger partial charge in [-0.2, -0.15) is 5.26 Å². The molecule has 0 N–H and O–H groups in total. The van der Waals surface area contributed by atoms with E-state index in [9.17, 15) is 5.26 Å². The molecule has 108 valence electrons. The van der Waals surface area contributed by atoms with Gasteiger partial charge in [0, 0.05) is 0 Å². The predicted octanol–water partition coefficient (Wildman–Crippen LogP) is 3.16. The van der Waals surface area contributed by atoms with Gasteiger partial charge in [-0.1, -0.05) is 0 Å². The smallest absolute Gasteiger partial charge is 0.163 e. The van der Waals surface area contributed by atoms with Gasteiger partial charge in [0.25, 0.3) is 0 Å². The van der Waals surface area contributed by atoms with E-state index in [1.165, 1.54) is 0 Å². The summed E-state index contributed by atoms with van der Waals surface area (Å²) >= 11 is 0. The van der Waals surface area contributed by atoms with Gasteiger partial charge in [0.05, 0.1) is 24.9 Å². The van der Waals surface area contributed by atoms with Crippen molar-refractivity contribution < 1.29 is 14.2 Å². The number of rotatable bonds is 4. The van der Waals surface area contributed by atoms with E-state index >= 15 is 0 Å². The van der Waals surface area contributed by atoms with E-state index in [4.69, 9.17) is 14.2 Å². The lowest BCUT2D eigenvalue weighted by molar-refractivity contribution is -0.139. The first kappa shape index (κ1) is 14.8. The average Bonchev–Trinajstić information content (AvgIpc) is 2.69. The summed E-state index contributed by atoms with van der Waals surface area (Å²) in [5.41, 5.74) is -0.563. The quantitative estimate of drug-likeness (QED) is 0.785. The molecule has 3 atom stereocenters. The fourth-order valence-electron chi connectivity index (χ4n) is 3.02. The van der Waals surface area contributed by atoms with Gasteiger partial charge < -0.3 is 14.2 Å². The number of hydrogen-bond donors (Lipinski definition) is 0. The highest BCUT2D eigenvalue weighted by atomic mass is 16.7. The first-order valence-electron chi connectivity index (χ1n) is 7.36. The second kappa shape index (κ2) is 5.78. The molecule has 0 bridgehead atoms. The zero-order valence-electron chi connectivity index (χ0n) is 12.3. The van der Waals surface area contributed by atoms with E-state index in [1.807, 2.05) is 13.8 Å². The van der Waals surface area contributed by atoms with Crippen LogP contribution in [-0.2, 0) is 14.2 Å². The number of nitriles is 1. The Labute approximate surface area is 116 Å². The van der Waals surface area contributed by atoms with Crippen LogP contribution < -0.4 is 0 Å². The minimum atomic E-state index is -0.563. The van der Waals surface area contributed by atoms with Crippen molar-refractivity contribution in [3.63, 3.8) is 0 Å². The van der Waals surface area contributed by atoms with Crippen LogP contribution in [0.15, 0.2) is 0 Å². The van der Waals surface area contributed by atoms with Crippen molar-refractivity contribution in [2.45, 2.75) is 82.9 Å². The van der Waals surface area contributed by atoms with Gasteiger partial charge in [-0.05, 0) is 59.3 Å². The van der Waals surface area contributed by atoms with Gasteiger partial charge in [0.1, 0.15) is 0 Å². The molecule has 0 amide bonds. The second-order valence-corrected chi connectivity index (χ2v) is 6.27. The summed E-state index contributed by atoms with van der Waals surface area (Å²) in [5, 5.41) is 9.40. The topological polar surface area (TPSA) is 51.5 Å². The molecule has 2 fully saturated rings. The van der Waals surface area contributed by atoms with Crippen LogP contribution in [0.4, 0.5) is 0 Å². The molecule has 0 aliphatic carbocycles. The largest absolute Gasteiger partial charge is 0.357 e. The fourth-order valence-corrected chi connectivity index (χ4v) is 3.02. The lowest BCUT2D eigenvalue weighted by Crippen LogP contribution is -2.38. The standard InChI is InChI=1S/C15H25NO3/c1-12-6-4-8-15(11-16,18-12)9-5-7-13-10-17-14(2,3)19-13/h12-13H,4-10H2,1-3H3/t12-,13-,15-/m0/s1. The number of nitrogens with zero attached hydrogens (tertiary/aromatic N) is 1. The van der Waals surface area contributed by atoms with Crippen LogP contribution in [0, 0.1) is 11.3 Å². The molecule has 0 radical (unpaired) electrons. The third-order valence-electron chi connectivity index (χ3n) is 4.00. The zero-order chi connectivity index (χ0) is 13.9. The first-order chi connectivity index (χ1) is 8.95. The van der Waals surface area contributed by atoms with Crippen molar-refractivity contribution in [1.29, 1.82) is 5.26 Å². The summed E-state index contributed by atoms with van der Waals surface area (Å²) in [6.07, 6.45) is 6.07. The molecule has 2 rings (SSSR count). The van der Waals surface area contributed by atoms with Crippen molar-refractivity contribution >= 4 is 0 Å². The van der Waals surface area contributed by atoms with Crippen LogP contribution in [0.1, 0.15) is 59.3 Å². The van der Waals surface area contributed by atoms with Crippen LogP contribution in [0.5, 0.6) is 0 Å². The maximum absolute atomic E-state index is 9.40. The summed E-state index contributed by atoms with van der Waals surface area (Å²) in [6, 6.07) is 2.40. The SMILES string of the molecule is C[C@H]1CCC[C@@](C#N)(CCC[C@H]2COC(C)(C)O2)O1. The highest BCUT2D eigenvalue weighted by molar-refractivity contribution is 5.03. The third-order valence-corrected chi connectivity index (χ3v) is 4.00. The molecule has 2 saturated heterocycles. The molecule has 4 nitrogen and oxygen atoms in total. The predicted molar refractivity (Wildman–Crippen MR) is 71.5 cm³/mol. The Morgan fingerprint density at radius 1 is 1.32 bits per heavy atom. The van der Waals surface area contributed by atoms with Gasteiger partial charge in [-0.3, -0.25) is 0 Å². The van der Waals surface area contributed by atoms with Crippen molar-refractivity contribution in [2.24, 2.45) is 0 Å². The molecular formula is C15H25NO3. The molecule has 4 heteroatoms. The normalized spacial score (nSPS) is 38.0. The van der Waals surface area contributed by atoms with E-state index in [2.05, 4.69) is 13.0 Å². The summed E-state index contributed by atoms with van der Waals surface area (Å²) in [5.74, 6) is -0.451. The fraction of sp³-hybridized carbons (Fsp3) is 0.933. The van der Waals surface area contributed by atoms with Gasteiger partial charge in [0.2, 0.25) is 0 Å². The Morgan fingerprint density at radius 3 is 2.68 bits per heavy atom. The molecule has 19 heavy (non-hydrogen) atoms. The maximum atomic E-state index is 9.40. The van der Waals surface area contributed by atoms with Gasteiger partial charge in [-0.25, -0.2) is 0 Å². The molecule has 0 aromatic heterocycles. The Bertz CT molecular complexity index is 350. The molecular weight excluding hydrogens is 242 g/mol. The van der Waals surface area contributed by atoms with Crippen LogP contribution in [0.25, 0.3) is 0 Å². The van der Waals surface area contributed by atoms with Crippen molar-refractivity contribution in [1.82, 2.24) is 0 Å². The van der Waals surface area contributed by atoms with E-state index < -0.39 is 11.4 Å². The van der Waals surface area contributed by atoms with Crippen LogP contribution in [-0.4, -0.2) is 30.2 Å². The van der Waals surface area contributed by atoms with E-state index in [0.29, 0.717) is 6.61 Å². The van der Waals surface area contributed by atoms with Gasteiger partial charge >= 0.3 is 0 Å². The summed E-state index contributed by atoms with van der Waals surface area (Å²) in [6.45, 7) is 6.59. The minimum absolute atomic E-state index is 0.159. The highest BCUT2D eigenvalue weighted by Gasteiger charge is 2.37. The molecule has 0 spiro atoms. The summed E-state index contributed by atoms with van der Waals surface area (Å²) < 4.78 is 17.2. The van der Waals surface area contributed by atoms with Crippen molar-refractivity contribution in [2.75, 3.05) is 6.61 Å². The molecule has 0 aromatic carbocycles. The lowest BCUT2D eigenvalue weighted by Gasteiger charge is -2.35. The lowest BCUT2D eigenvalue weighted by atomic mass is 9.88. The van der Waals surface area contributed by atoms with Gasteiger partial charge in [0.15, 0.2) is 11.4 Å². The van der Waals surface area contributed by atoms with E-state index in [0.717, 1.165) is 38.5 Å². The number of hydrogen-bond acceptors (Lipinski definition) is 4. The molecule has 0 aromatic rings. The Balaban J connectivity index is 1.77. The molecule has 0 saturated carbocycles. The minimum Gasteiger partial charge on any atom is -0.357 e. The summed E-state index contributed by atoms with van der Waals surface area (Å²) in [4.78, 5) is 0. The second-order valence-electron chi connectivity index (χ2n) is 6.27. The van der Waals surface area contributed by atoms with Crippen LogP contribution in [0.2, 0.25) is 0 Å². The van der Waals surface area contributed by atoms with Crippen LogP contribution >= 0.6 is 0 Å². The molecule has 2 heterocycles. The van der Waals surface area contributed by atoms with E-state index in [-0.39, 0.29) is 12.2 Å². The monoisotopic (exact) mass is 267 g/mol. The van der Waals surface area contributed by atoms with Crippen molar-refractivity contribution in [3.8, 4) is 6.07 Å². The average molecular weight is 267 g/mol. The highest BCUT2D eigenvalue weighted by Crippen LogP contribution is 2.33. The Hall–Kier alpha value is -0.630. The van der Waals surface area contributed by atoms with Crippen molar-refractivity contribution in [3.05, 3.63) is 0 Å². The Morgan fingerprint density at radius 2 is 2.11 bits per heavy atom. The maximum Gasteiger partial charge on any atom is 0.163 e. The first-order valence-corrected chi connectivity index (χ1v) is 7.36.